The number of H-pyrrole nitrogens is 2. The first-order valence-electron chi connectivity index (χ1n) is 6.02. The Labute approximate surface area is 104 Å². The number of anilines is 1. The molecule has 2 aromatic heterocycles. The average Bonchev–Trinajstić information content (AvgIpc) is 2.97. The van der Waals surface area contributed by atoms with Crippen LogP contribution in [0.15, 0.2) is 10.9 Å². The lowest BCUT2D eigenvalue weighted by molar-refractivity contribution is 0.712. The summed E-state index contributed by atoms with van der Waals surface area (Å²) in [6, 6.07) is 2.07. The molecule has 0 unspecified atom stereocenters. The zero-order valence-corrected chi connectivity index (χ0v) is 10.5. The summed E-state index contributed by atoms with van der Waals surface area (Å²) in [5.41, 5.74) is 1.01. The van der Waals surface area contributed by atoms with Crippen LogP contribution in [0, 0.1) is 0 Å². The van der Waals surface area contributed by atoms with Crippen molar-refractivity contribution >= 4 is 5.82 Å². The van der Waals surface area contributed by atoms with Gasteiger partial charge in [-0.25, -0.2) is 9.48 Å². The van der Waals surface area contributed by atoms with Crippen LogP contribution >= 0.6 is 0 Å². The van der Waals surface area contributed by atoms with Crippen LogP contribution in [-0.4, -0.2) is 32.0 Å². The van der Waals surface area contributed by atoms with Crippen molar-refractivity contribution in [1.29, 1.82) is 0 Å². The van der Waals surface area contributed by atoms with E-state index in [2.05, 4.69) is 26.3 Å². The summed E-state index contributed by atoms with van der Waals surface area (Å²) in [7, 11) is 3.56. The molecule has 1 saturated carbocycles. The van der Waals surface area contributed by atoms with Gasteiger partial charge in [-0.1, -0.05) is 0 Å². The molecule has 0 bridgehead atoms. The summed E-state index contributed by atoms with van der Waals surface area (Å²) in [5, 5.41) is 11.4. The molecule has 1 aliphatic rings. The maximum absolute atomic E-state index is 11.3. The Kier molecular flexibility index (Phi) is 2.46. The minimum Gasteiger partial charge on any atom is -0.351 e. The predicted molar refractivity (Wildman–Crippen MR) is 66.5 cm³/mol. The number of nitrogens with zero attached hydrogens (tertiary/aromatic N) is 4. The van der Waals surface area contributed by atoms with E-state index in [9.17, 15) is 4.79 Å². The molecule has 7 heteroatoms. The molecule has 2 aromatic rings. The van der Waals surface area contributed by atoms with Gasteiger partial charge in [0.15, 0.2) is 11.6 Å². The second-order valence-corrected chi connectivity index (χ2v) is 4.81. The third-order valence-electron chi connectivity index (χ3n) is 3.20. The van der Waals surface area contributed by atoms with E-state index in [-0.39, 0.29) is 5.69 Å². The zero-order chi connectivity index (χ0) is 12.7. The Morgan fingerprint density at radius 2 is 2.33 bits per heavy atom. The fourth-order valence-corrected chi connectivity index (χ4v) is 1.96. The van der Waals surface area contributed by atoms with E-state index in [1.165, 1.54) is 23.2 Å². The van der Waals surface area contributed by atoms with Crippen molar-refractivity contribution in [2.75, 3.05) is 11.9 Å². The van der Waals surface area contributed by atoms with Gasteiger partial charge >= 0.3 is 5.69 Å². The van der Waals surface area contributed by atoms with Crippen molar-refractivity contribution in [3.05, 3.63) is 28.1 Å². The summed E-state index contributed by atoms with van der Waals surface area (Å²) in [4.78, 5) is 15.9. The summed E-state index contributed by atoms with van der Waals surface area (Å²) in [5.74, 6) is 2.18. The van der Waals surface area contributed by atoms with E-state index >= 15 is 0 Å². The van der Waals surface area contributed by atoms with Crippen LogP contribution in [0.5, 0.6) is 0 Å². The molecular formula is C11H16N6O. The number of aromatic nitrogens is 5. The average molecular weight is 248 g/mol. The van der Waals surface area contributed by atoms with Crippen molar-refractivity contribution < 1.29 is 0 Å². The standard InChI is InChI=1S/C11H16N6O/c1-16(6-9-12-11(18)17(2)15-9)10-5-8(13-14-10)7-3-4-7/h5,7H,3-4,6H2,1-2H3,(H,13,14)(H,12,15,18). The minimum absolute atomic E-state index is 0.195. The second-order valence-electron chi connectivity index (χ2n) is 4.81. The molecule has 3 rings (SSSR count). The number of hydrogen-bond donors (Lipinski definition) is 2. The Morgan fingerprint density at radius 3 is 2.94 bits per heavy atom. The number of hydrogen-bond acceptors (Lipinski definition) is 4. The van der Waals surface area contributed by atoms with E-state index in [0.29, 0.717) is 18.3 Å². The van der Waals surface area contributed by atoms with Gasteiger partial charge in [0.05, 0.1) is 6.54 Å². The highest BCUT2D eigenvalue weighted by molar-refractivity contribution is 5.40. The van der Waals surface area contributed by atoms with E-state index in [1.807, 2.05) is 11.9 Å². The lowest BCUT2D eigenvalue weighted by Crippen LogP contribution is -2.18. The largest absolute Gasteiger partial charge is 0.351 e. The molecule has 0 aromatic carbocycles. The van der Waals surface area contributed by atoms with Gasteiger partial charge in [0.2, 0.25) is 0 Å². The zero-order valence-electron chi connectivity index (χ0n) is 10.5. The van der Waals surface area contributed by atoms with E-state index in [0.717, 1.165) is 5.82 Å². The van der Waals surface area contributed by atoms with Crippen LogP contribution in [0.3, 0.4) is 0 Å². The highest BCUT2D eigenvalue weighted by Crippen LogP contribution is 2.39. The van der Waals surface area contributed by atoms with Gasteiger partial charge in [0, 0.05) is 31.8 Å². The van der Waals surface area contributed by atoms with Crippen LogP contribution in [0.2, 0.25) is 0 Å². The lowest BCUT2D eigenvalue weighted by atomic mass is 10.3. The molecule has 1 fully saturated rings. The van der Waals surface area contributed by atoms with E-state index in [4.69, 9.17) is 0 Å². The normalized spacial score (nSPS) is 15.0. The second kappa shape index (κ2) is 4.01. The number of nitrogens with one attached hydrogen (secondary N) is 2. The van der Waals surface area contributed by atoms with Crippen LogP contribution in [0.4, 0.5) is 5.82 Å². The number of aryl methyl sites for hydroxylation is 1. The minimum atomic E-state index is -0.195. The fourth-order valence-electron chi connectivity index (χ4n) is 1.96. The van der Waals surface area contributed by atoms with Gasteiger partial charge in [-0.15, -0.1) is 0 Å². The molecule has 0 radical (unpaired) electrons. The summed E-state index contributed by atoms with van der Waals surface area (Å²) >= 11 is 0. The first-order chi connectivity index (χ1) is 8.63. The van der Waals surface area contributed by atoms with Crippen LogP contribution in [0.25, 0.3) is 0 Å². The van der Waals surface area contributed by atoms with Gasteiger partial charge < -0.3 is 4.90 Å². The smallest absolute Gasteiger partial charge is 0.343 e. The quantitative estimate of drug-likeness (QED) is 0.817. The van der Waals surface area contributed by atoms with E-state index in [1.54, 1.807) is 7.05 Å². The fraction of sp³-hybridized carbons (Fsp3) is 0.545. The Hall–Kier alpha value is -2.05. The topological polar surface area (TPSA) is 82.6 Å². The summed E-state index contributed by atoms with van der Waals surface area (Å²) in [6.07, 6.45) is 2.50. The van der Waals surface area contributed by atoms with Gasteiger partial charge in [0.25, 0.3) is 0 Å². The van der Waals surface area contributed by atoms with Crippen LogP contribution in [0.1, 0.15) is 30.3 Å². The molecule has 2 N–H and O–H groups in total. The number of aromatic amines is 2. The number of rotatable bonds is 4. The molecule has 7 nitrogen and oxygen atoms in total. The van der Waals surface area contributed by atoms with Crippen molar-refractivity contribution in [2.24, 2.45) is 7.05 Å². The Bertz CT molecular complexity index is 605. The third kappa shape index (κ3) is 2.03. The van der Waals surface area contributed by atoms with Crippen molar-refractivity contribution in [1.82, 2.24) is 25.0 Å². The Balaban J connectivity index is 1.73. The summed E-state index contributed by atoms with van der Waals surface area (Å²) in [6.45, 7) is 0.533. The molecule has 0 saturated heterocycles. The van der Waals surface area contributed by atoms with Crippen LogP contribution < -0.4 is 10.6 Å². The monoisotopic (exact) mass is 248 g/mol. The van der Waals surface area contributed by atoms with E-state index < -0.39 is 0 Å². The molecule has 0 atom stereocenters. The molecule has 2 heterocycles. The van der Waals surface area contributed by atoms with Gasteiger partial charge in [-0.05, 0) is 12.8 Å². The van der Waals surface area contributed by atoms with Crippen molar-refractivity contribution in [3.8, 4) is 0 Å². The lowest BCUT2D eigenvalue weighted by Gasteiger charge is -2.13. The highest BCUT2D eigenvalue weighted by atomic mass is 16.1. The van der Waals surface area contributed by atoms with Gasteiger partial charge in [-0.2, -0.15) is 10.2 Å². The maximum Gasteiger partial charge on any atom is 0.343 e. The molecule has 1 aliphatic carbocycles. The van der Waals surface area contributed by atoms with Crippen molar-refractivity contribution in [2.45, 2.75) is 25.3 Å². The Morgan fingerprint density at radius 1 is 1.56 bits per heavy atom. The van der Waals surface area contributed by atoms with Crippen molar-refractivity contribution in [3.63, 3.8) is 0 Å². The first kappa shape index (κ1) is 11.1. The maximum atomic E-state index is 11.3. The molecule has 18 heavy (non-hydrogen) atoms. The van der Waals surface area contributed by atoms with Gasteiger partial charge in [-0.3, -0.25) is 10.1 Å². The molecule has 0 aliphatic heterocycles. The molecule has 0 amide bonds. The van der Waals surface area contributed by atoms with Crippen LogP contribution in [-0.2, 0) is 13.6 Å². The SMILES string of the molecule is CN(Cc1nn(C)c(=O)[nH]1)c1cc(C2CC2)[nH]n1. The van der Waals surface area contributed by atoms with Gasteiger partial charge in [0.1, 0.15) is 0 Å². The molecule has 96 valence electrons. The molecular weight excluding hydrogens is 232 g/mol. The third-order valence-corrected chi connectivity index (χ3v) is 3.20. The molecule has 0 spiro atoms. The predicted octanol–water partition coefficient (Wildman–Crippen LogP) is 0.345. The first-order valence-corrected chi connectivity index (χ1v) is 6.02. The highest BCUT2D eigenvalue weighted by Gasteiger charge is 2.26. The summed E-state index contributed by atoms with van der Waals surface area (Å²) < 4.78 is 1.29.